The third-order valence-electron chi connectivity index (χ3n) is 5.36. The molecule has 0 bridgehead atoms. The molecule has 0 unspecified atom stereocenters. The minimum Gasteiger partial charge on any atom is -0.383 e. The predicted molar refractivity (Wildman–Crippen MR) is 145 cm³/mol. The van der Waals surface area contributed by atoms with Crippen LogP contribution in [0.2, 0.25) is 5.02 Å². The van der Waals surface area contributed by atoms with Crippen molar-refractivity contribution in [2.45, 2.75) is 19.8 Å². The molecule has 2 N–H and O–H groups in total. The van der Waals surface area contributed by atoms with Crippen molar-refractivity contribution >= 4 is 51.8 Å². The minimum absolute atomic E-state index is 0.0699. The molecule has 5 rings (SSSR count). The van der Waals surface area contributed by atoms with Gasteiger partial charge in [0.05, 0.1) is 11.1 Å². The Labute approximate surface area is 221 Å². The maximum atomic E-state index is 10.3. The van der Waals surface area contributed by atoms with Crippen LogP contribution in [-0.2, 0) is 0 Å². The van der Waals surface area contributed by atoms with E-state index in [2.05, 4.69) is 17.1 Å². The lowest BCUT2D eigenvalue weighted by Gasteiger charge is -2.16. The lowest BCUT2D eigenvalue weighted by Crippen LogP contribution is -2.04. The van der Waals surface area contributed by atoms with Crippen molar-refractivity contribution in [3.8, 4) is 23.3 Å². The Morgan fingerprint density at radius 1 is 0.722 bits per heavy atom. The van der Waals surface area contributed by atoms with E-state index in [1.807, 2.05) is 84.9 Å². The summed E-state index contributed by atoms with van der Waals surface area (Å²) in [7, 11) is 0. The molecular weight excluding hydrogens is 506 g/mol. The Morgan fingerprint density at radius 3 is 2.08 bits per heavy atom. The van der Waals surface area contributed by atoms with Gasteiger partial charge in [0.1, 0.15) is 33.6 Å². The van der Waals surface area contributed by atoms with Crippen LogP contribution in [-0.4, -0.2) is 9.97 Å². The zero-order chi connectivity index (χ0) is 25.1. The van der Waals surface area contributed by atoms with Gasteiger partial charge in [0.25, 0.3) is 0 Å². The Bertz CT molecular complexity index is 1670. The number of benzene rings is 3. The largest absolute Gasteiger partial charge is 0.383 e. The van der Waals surface area contributed by atoms with E-state index in [-0.39, 0.29) is 16.9 Å². The van der Waals surface area contributed by atoms with Gasteiger partial charge in [-0.2, -0.15) is 10.5 Å². The van der Waals surface area contributed by atoms with Crippen LogP contribution in [0.15, 0.2) is 105 Å². The molecule has 0 saturated heterocycles. The molecule has 5 aromatic rings. The summed E-state index contributed by atoms with van der Waals surface area (Å²) in [5, 5.41) is 22.9. The number of nitrogens with zero attached hydrogens (tertiary/aromatic N) is 4. The second kappa shape index (κ2) is 10.3. The third-order valence-corrected chi connectivity index (χ3v) is 7.62. The number of para-hydroxylation sites is 1. The number of halogens is 1. The first kappa shape index (κ1) is 23.7. The first-order valence-corrected chi connectivity index (χ1v) is 12.8. The van der Waals surface area contributed by atoms with Gasteiger partial charge in [-0.1, -0.05) is 71.5 Å². The molecule has 0 atom stereocenters. The zero-order valence-corrected chi connectivity index (χ0v) is 21.0. The number of hydrogen-bond donors (Lipinski definition) is 1. The number of hydrogen-bond acceptors (Lipinski definition) is 7. The minimum atomic E-state index is 0.0699. The molecular formula is C28H16ClN5S2. The highest BCUT2D eigenvalue weighted by Crippen LogP contribution is 2.43. The quantitative estimate of drug-likeness (QED) is 0.254. The highest BCUT2D eigenvalue weighted by molar-refractivity contribution is 7.99. The molecule has 0 radical (unpaired) electrons. The lowest BCUT2D eigenvalue weighted by atomic mass is 9.97. The number of nitrogens with two attached hydrogens (primary N) is 1. The van der Waals surface area contributed by atoms with Gasteiger partial charge >= 0.3 is 0 Å². The monoisotopic (exact) mass is 521 g/mol. The fourth-order valence-electron chi connectivity index (χ4n) is 3.71. The van der Waals surface area contributed by atoms with E-state index in [0.29, 0.717) is 26.2 Å². The topological polar surface area (TPSA) is 99.4 Å². The normalized spacial score (nSPS) is 10.6. The van der Waals surface area contributed by atoms with Crippen LogP contribution < -0.4 is 5.73 Å². The van der Waals surface area contributed by atoms with Gasteiger partial charge in [-0.15, -0.1) is 0 Å². The Kier molecular flexibility index (Phi) is 6.79. The van der Waals surface area contributed by atoms with E-state index < -0.39 is 0 Å². The van der Waals surface area contributed by atoms with Gasteiger partial charge in [-0.05, 0) is 48.5 Å². The Hall–Kier alpha value is -4.01. The highest BCUT2D eigenvalue weighted by Gasteiger charge is 2.24. The van der Waals surface area contributed by atoms with E-state index in [0.717, 1.165) is 20.7 Å². The molecule has 36 heavy (non-hydrogen) atoms. The van der Waals surface area contributed by atoms with Crippen LogP contribution in [0.3, 0.4) is 0 Å². The van der Waals surface area contributed by atoms with Crippen LogP contribution in [0.1, 0.15) is 11.1 Å². The van der Waals surface area contributed by atoms with Crippen LogP contribution in [0.25, 0.3) is 22.0 Å². The second-order valence-corrected chi connectivity index (χ2v) is 10.2. The Morgan fingerprint density at radius 2 is 1.36 bits per heavy atom. The SMILES string of the molecule is N#Cc1c(N)nc(Sc2ccccc2)c(C#N)c1-c1cc2ccccc2nc1Sc1ccc(Cl)cc1. The summed E-state index contributed by atoms with van der Waals surface area (Å²) in [5.41, 5.74) is 8.59. The summed E-state index contributed by atoms with van der Waals surface area (Å²) in [6.07, 6.45) is 0. The third kappa shape index (κ3) is 4.73. The highest BCUT2D eigenvalue weighted by atomic mass is 35.5. The van der Waals surface area contributed by atoms with Gasteiger partial charge in [0, 0.05) is 31.3 Å². The molecule has 0 amide bonds. The van der Waals surface area contributed by atoms with Crippen LogP contribution in [0, 0.1) is 22.7 Å². The lowest BCUT2D eigenvalue weighted by molar-refractivity contribution is 1.10. The van der Waals surface area contributed by atoms with Gasteiger partial charge in [0.2, 0.25) is 0 Å². The van der Waals surface area contributed by atoms with Crippen molar-refractivity contribution in [3.05, 3.63) is 101 Å². The van der Waals surface area contributed by atoms with E-state index >= 15 is 0 Å². The molecule has 172 valence electrons. The second-order valence-electron chi connectivity index (χ2n) is 7.66. The van der Waals surface area contributed by atoms with Crippen molar-refractivity contribution in [2.75, 3.05) is 5.73 Å². The summed E-state index contributed by atoms with van der Waals surface area (Å²) >= 11 is 8.84. The number of rotatable bonds is 5. The van der Waals surface area contributed by atoms with Gasteiger partial charge in [0.15, 0.2) is 0 Å². The zero-order valence-electron chi connectivity index (χ0n) is 18.6. The molecule has 0 aliphatic carbocycles. The van der Waals surface area contributed by atoms with E-state index in [4.69, 9.17) is 22.3 Å². The smallest absolute Gasteiger partial charge is 0.143 e. The van der Waals surface area contributed by atoms with Crippen molar-refractivity contribution in [1.82, 2.24) is 9.97 Å². The summed E-state index contributed by atoms with van der Waals surface area (Å²) in [5.74, 6) is 0.0699. The fraction of sp³-hybridized carbons (Fsp3) is 0. The molecule has 5 nitrogen and oxygen atoms in total. The maximum Gasteiger partial charge on any atom is 0.143 e. The number of anilines is 1. The Balaban J connectivity index is 1.78. The number of nitrogen functional groups attached to an aromatic ring is 1. The maximum absolute atomic E-state index is 10.3. The van der Waals surface area contributed by atoms with Crippen LogP contribution in [0.5, 0.6) is 0 Å². The number of nitriles is 2. The molecule has 8 heteroatoms. The van der Waals surface area contributed by atoms with E-state index in [1.165, 1.54) is 23.5 Å². The number of pyridine rings is 2. The first-order valence-electron chi connectivity index (χ1n) is 10.8. The molecule has 3 aromatic carbocycles. The molecule has 0 saturated carbocycles. The van der Waals surface area contributed by atoms with E-state index in [1.54, 1.807) is 0 Å². The van der Waals surface area contributed by atoms with E-state index in [9.17, 15) is 10.5 Å². The van der Waals surface area contributed by atoms with Gasteiger partial charge in [-0.3, -0.25) is 0 Å². The average molecular weight is 522 g/mol. The molecule has 0 aliphatic rings. The fourth-order valence-corrected chi connectivity index (χ4v) is 5.66. The van der Waals surface area contributed by atoms with Crippen LogP contribution >= 0.6 is 35.1 Å². The molecule has 2 aromatic heterocycles. The number of aromatic nitrogens is 2. The summed E-state index contributed by atoms with van der Waals surface area (Å²) in [6.45, 7) is 0. The molecule has 0 fully saturated rings. The summed E-state index contributed by atoms with van der Waals surface area (Å²) in [4.78, 5) is 11.2. The van der Waals surface area contributed by atoms with Crippen molar-refractivity contribution in [1.29, 1.82) is 10.5 Å². The molecule has 2 heterocycles. The summed E-state index contributed by atoms with van der Waals surface area (Å²) in [6, 6.07) is 31.2. The van der Waals surface area contributed by atoms with Gasteiger partial charge in [-0.25, -0.2) is 9.97 Å². The molecule has 0 spiro atoms. The van der Waals surface area contributed by atoms with Crippen molar-refractivity contribution in [2.24, 2.45) is 0 Å². The van der Waals surface area contributed by atoms with Crippen LogP contribution in [0.4, 0.5) is 5.82 Å². The van der Waals surface area contributed by atoms with Crippen molar-refractivity contribution in [3.63, 3.8) is 0 Å². The predicted octanol–water partition coefficient (Wildman–Crippen LogP) is 7.58. The van der Waals surface area contributed by atoms with Crippen molar-refractivity contribution < 1.29 is 0 Å². The standard InChI is InChI=1S/C28H16ClN5S2/c29-18-10-12-20(13-11-18)36-27-21(14-17-6-4-5-9-24(17)33-27)25-22(15-30)26(32)34-28(23(25)16-31)35-19-7-2-1-3-8-19/h1-14H,(H2,32,34). The summed E-state index contributed by atoms with van der Waals surface area (Å²) < 4.78 is 0. The first-order chi connectivity index (χ1) is 17.6. The average Bonchev–Trinajstić information content (AvgIpc) is 2.90. The number of fused-ring (bicyclic) bond motifs is 1. The van der Waals surface area contributed by atoms with Gasteiger partial charge < -0.3 is 5.73 Å². The molecule has 0 aliphatic heterocycles.